The average molecular weight is 527 g/mol. The zero-order valence-corrected chi connectivity index (χ0v) is 22.3. The van der Waals surface area contributed by atoms with Crippen LogP contribution in [0.25, 0.3) is 0 Å². The summed E-state index contributed by atoms with van der Waals surface area (Å²) in [4.78, 5) is 11.9. The van der Waals surface area contributed by atoms with Gasteiger partial charge >= 0.3 is 5.97 Å². The lowest BCUT2D eigenvalue weighted by Gasteiger charge is -2.23. The molecule has 1 unspecified atom stereocenters. The number of carboxylic acids is 1. The van der Waals surface area contributed by atoms with Crippen LogP contribution in [-0.4, -0.2) is 51.4 Å². The van der Waals surface area contributed by atoms with Gasteiger partial charge in [-0.3, -0.25) is 9.48 Å². The van der Waals surface area contributed by atoms with Crippen molar-refractivity contribution in [2.45, 2.75) is 76.5 Å². The molecule has 3 aromatic rings. The number of aryl methyl sites for hydroxylation is 3. The van der Waals surface area contributed by atoms with E-state index in [1.807, 2.05) is 38.2 Å². The van der Waals surface area contributed by atoms with E-state index >= 15 is 0 Å². The second-order valence-corrected chi connectivity index (χ2v) is 11.6. The van der Waals surface area contributed by atoms with Gasteiger partial charge in [-0.1, -0.05) is 42.5 Å². The third-order valence-corrected chi connectivity index (χ3v) is 8.51. The smallest absolute Gasteiger partial charge is 0.303 e. The molecule has 198 valence electrons. The number of aromatic nitrogens is 3. The first kappa shape index (κ1) is 26.8. The minimum Gasteiger partial charge on any atom is -0.488 e. The summed E-state index contributed by atoms with van der Waals surface area (Å²) in [5, 5.41) is 17.9. The van der Waals surface area contributed by atoms with Gasteiger partial charge < -0.3 is 9.84 Å². The van der Waals surface area contributed by atoms with Gasteiger partial charge in [-0.25, -0.2) is 8.42 Å². The standard InChI is InChI=1S/C27H34N4O5S/c1-4-13-30-18-24(28-29-30)12-11-22(15-27(32)33)21-10-9-19(2)23(14-21)17-31-16-20(3)36-25-7-5-6-8-26(25)37(31,34)35/h5-10,14,18,20,22H,4,11-13,15-17H2,1-3H3,(H,32,33)/t20-,22?/m1/s1. The van der Waals surface area contributed by atoms with Gasteiger partial charge in [0.05, 0.1) is 18.7 Å². The minimum atomic E-state index is -3.77. The fourth-order valence-electron chi connectivity index (χ4n) is 4.70. The van der Waals surface area contributed by atoms with E-state index in [0.29, 0.717) is 18.6 Å². The summed E-state index contributed by atoms with van der Waals surface area (Å²) in [7, 11) is -3.77. The first-order valence-electron chi connectivity index (χ1n) is 12.6. The van der Waals surface area contributed by atoms with Crippen LogP contribution in [0, 0.1) is 6.92 Å². The van der Waals surface area contributed by atoms with Gasteiger partial charge in [-0.2, -0.15) is 4.31 Å². The van der Waals surface area contributed by atoms with Crippen LogP contribution >= 0.6 is 0 Å². The lowest BCUT2D eigenvalue weighted by molar-refractivity contribution is -0.137. The number of carbonyl (C=O) groups is 1. The van der Waals surface area contributed by atoms with E-state index in [1.165, 1.54) is 4.31 Å². The molecule has 37 heavy (non-hydrogen) atoms. The van der Waals surface area contributed by atoms with E-state index in [4.69, 9.17) is 4.74 Å². The van der Waals surface area contributed by atoms with E-state index in [2.05, 4.69) is 17.2 Å². The number of hydrogen-bond acceptors (Lipinski definition) is 6. The highest BCUT2D eigenvalue weighted by atomic mass is 32.2. The van der Waals surface area contributed by atoms with Crippen molar-refractivity contribution in [3.63, 3.8) is 0 Å². The molecular formula is C27H34N4O5S. The van der Waals surface area contributed by atoms with Gasteiger partial charge in [-0.05, 0) is 67.9 Å². The molecule has 9 nitrogen and oxygen atoms in total. The maximum absolute atomic E-state index is 13.5. The predicted molar refractivity (Wildman–Crippen MR) is 139 cm³/mol. The molecule has 0 saturated carbocycles. The fourth-order valence-corrected chi connectivity index (χ4v) is 6.32. The van der Waals surface area contributed by atoms with E-state index in [1.54, 1.807) is 28.9 Å². The lowest BCUT2D eigenvalue weighted by atomic mass is 9.88. The molecule has 0 aliphatic carbocycles. The second kappa shape index (κ2) is 11.4. The molecule has 1 aliphatic heterocycles. The van der Waals surface area contributed by atoms with Crippen molar-refractivity contribution >= 4 is 16.0 Å². The molecule has 2 heterocycles. The highest BCUT2D eigenvalue weighted by molar-refractivity contribution is 7.89. The Morgan fingerprint density at radius 3 is 2.78 bits per heavy atom. The fraction of sp³-hybridized carbons (Fsp3) is 0.444. The van der Waals surface area contributed by atoms with Gasteiger partial charge in [-0.15, -0.1) is 5.10 Å². The maximum atomic E-state index is 13.5. The third-order valence-electron chi connectivity index (χ3n) is 6.66. The molecule has 10 heteroatoms. The molecule has 4 rings (SSSR count). The molecule has 0 radical (unpaired) electrons. The highest BCUT2D eigenvalue weighted by Gasteiger charge is 2.33. The largest absolute Gasteiger partial charge is 0.488 e. The Balaban J connectivity index is 1.58. The second-order valence-electron chi connectivity index (χ2n) is 9.67. The van der Waals surface area contributed by atoms with Crippen LogP contribution in [0.5, 0.6) is 5.75 Å². The topological polar surface area (TPSA) is 115 Å². The SMILES string of the molecule is CCCn1cc(CCC(CC(=O)O)c2ccc(C)c(CN3C[C@@H](C)Oc4ccccc4S3(=O)=O)c2)nn1. The summed E-state index contributed by atoms with van der Waals surface area (Å²) in [6.07, 6.45) is 3.73. The van der Waals surface area contributed by atoms with Gasteiger partial charge in [0.15, 0.2) is 0 Å². The van der Waals surface area contributed by atoms with Crippen molar-refractivity contribution in [1.29, 1.82) is 0 Å². The van der Waals surface area contributed by atoms with E-state index in [0.717, 1.165) is 35.3 Å². The maximum Gasteiger partial charge on any atom is 0.303 e. The first-order chi connectivity index (χ1) is 17.7. The molecule has 0 spiro atoms. The van der Waals surface area contributed by atoms with Gasteiger partial charge in [0.25, 0.3) is 0 Å². The number of sulfonamides is 1. The Labute approximate surface area is 218 Å². The van der Waals surface area contributed by atoms with Crippen molar-refractivity contribution in [2.75, 3.05) is 6.54 Å². The molecule has 1 aromatic heterocycles. The molecule has 2 aromatic carbocycles. The Bertz CT molecular complexity index is 1350. The lowest BCUT2D eigenvalue weighted by Crippen LogP contribution is -2.35. The van der Waals surface area contributed by atoms with Crippen LogP contribution in [0.1, 0.15) is 61.4 Å². The molecule has 0 amide bonds. The number of nitrogens with zero attached hydrogens (tertiary/aromatic N) is 4. The van der Waals surface area contributed by atoms with Gasteiger partial charge in [0.1, 0.15) is 16.7 Å². The predicted octanol–water partition coefficient (Wildman–Crippen LogP) is 4.16. The van der Waals surface area contributed by atoms with Crippen LogP contribution in [0.15, 0.2) is 53.6 Å². The molecule has 0 fully saturated rings. The Hall–Kier alpha value is -3.24. The van der Waals surface area contributed by atoms with E-state index < -0.39 is 16.0 Å². The number of fused-ring (bicyclic) bond motifs is 1. The van der Waals surface area contributed by atoms with Crippen molar-refractivity contribution in [1.82, 2.24) is 19.3 Å². The summed E-state index contributed by atoms with van der Waals surface area (Å²) < 4.78 is 36.2. The first-order valence-corrected chi connectivity index (χ1v) is 14.1. The number of aliphatic carboxylic acids is 1. The van der Waals surface area contributed by atoms with Crippen LogP contribution < -0.4 is 4.74 Å². The van der Waals surface area contributed by atoms with Gasteiger partial charge in [0, 0.05) is 19.3 Å². The third kappa shape index (κ3) is 6.37. The molecule has 0 bridgehead atoms. The number of carboxylic acid groups (broad SMARTS) is 1. The summed E-state index contributed by atoms with van der Waals surface area (Å²) in [6.45, 7) is 7.05. The minimum absolute atomic E-state index is 0.0220. The summed E-state index contributed by atoms with van der Waals surface area (Å²) in [5.41, 5.74) is 3.50. The highest BCUT2D eigenvalue weighted by Crippen LogP contribution is 2.33. The van der Waals surface area contributed by atoms with Crippen molar-refractivity contribution in [3.05, 3.63) is 71.0 Å². The molecular weight excluding hydrogens is 492 g/mol. The van der Waals surface area contributed by atoms with Crippen molar-refractivity contribution < 1.29 is 23.1 Å². The number of hydrogen-bond donors (Lipinski definition) is 1. The normalized spacial score (nSPS) is 18.0. The number of rotatable bonds is 10. The van der Waals surface area contributed by atoms with Crippen LogP contribution in [0.2, 0.25) is 0 Å². The zero-order valence-electron chi connectivity index (χ0n) is 21.5. The summed E-state index contributed by atoms with van der Waals surface area (Å²) in [6, 6.07) is 12.5. The van der Waals surface area contributed by atoms with Crippen LogP contribution in [0.4, 0.5) is 0 Å². The monoisotopic (exact) mass is 526 g/mol. The molecule has 1 N–H and O–H groups in total. The Kier molecular flexibility index (Phi) is 8.29. The molecule has 0 saturated heterocycles. The van der Waals surface area contributed by atoms with Crippen molar-refractivity contribution in [2.24, 2.45) is 0 Å². The Morgan fingerprint density at radius 1 is 1.24 bits per heavy atom. The summed E-state index contributed by atoms with van der Waals surface area (Å²) >= 11 is 0. The van der Waals surface area contributed by atoms with Crippen LogP contribution in [0.3, 0.4) is 0 Å². The summed E-state index contributed by atoms with van der Waals surface area (Å²) in [5.74, 6) is -0.753. The van der Waals surface area contributed by atoms with E-state index in [-0.39, 0.29) is 36.4 Å². The molecule has 1 aliphatic rings. The number of benzene rings is 2. The van der Waals surface area contributed by atoms with Crippen molar-refractivity contribution in [3.8, 4) is 5.75 Å². The Morgan fingerprint density at radius 2 is 2.03 bits per heavy atom. The van der Waals surface area contributed by atoms with E-state index in [9.17, 15) is 18.3 Å². The number of para-hydroxylation sites is 1. The number of ether oxygens (including phenoxy) is 1. The van der Waals surface area contributed by atoms with Crippen LogP contribution in [-0.2, 0) is 34.3 Å². The average Bonchev–Trinajstić information content (AvgIpc) is 3.26. The zero-order chi connectivity index (χ0) is 26.6. The van der Waals surface area contributed by atoms with Gasteiger partial charge in [0.2, 0.25) is 10.0 Å². The quantitative estimate of drug-likeness (QED) is 0.422. The molecule has 2 atom stereocenters.